The molecule has 1 unspecified atom stereocenters. The van der Waals surface area contributed by atoms with E-state index in [0.717, 1.165) is 19.5 Å². The van der Waals surface area contributed by atoms with Crippen molar-refractivity contribution in [3.63, 3.8) is 0 Å². The highest BCUT2D eigenvalue weighted by molar-refractivity contribution is 5.85. The molecule has 0 bridgehead atoms. The summed E-state index contributed by atoms with van der Waals surface area (Å²) in [6.07, 6.45) is 1.03. The summed E-state index contributed by atoms with van der Waals surface area (Å²) in [5, 5.41) is 2.83. The molecule has 1 heterocycles. The molecule has 0 spiro atoms. The summed E-state index contributed by atoms with van der Waals surface area (Å²) in [5.41, 5.74) is 5.89. The molecule has 1 aliphatic heterocycles. The number of nitrogens with two attached hydrogens (primary N) is 1. The lowest BCUT2D eigenvalue weighted by molar-refractivity contribution is -0.122. The molecule has 0 aliphatic carbocycles. The van der Waals surface area contributed by atoms with Gasteiger partial charge >= 0.3 is 0 Å². The van der Waals surface area contributed by atoms with Crippen LogP contribution < -0.4 is 15.8 Å². The maximum absolute atomic E-state index is 12.7. The molecule has 130 valence electrons. The average Bonchev–Trinajstić information content (AvgIpc) is 2.87. The van der Waals surface area contributed by atoms with Crippen LogP contribution in [0.25, 0.3) is 0 Å². The molecule has 0 aromatic heterocycles. The Morgan fingerprint density at radius 2 is 2.13 bits per heavy atom. The molecular formula is C16H25ClFN3O2. The molecule has 1 aromatic rings. The average molecular weight is 346 g/mol. The highest BCUT2D eigenvalue weighted by Crippen LogP contribution is 2.27. The van der Waals surface area contributed by atoms with Gasteiger partial charge in [-0.1, -0.05) is 6.92 Å². The lowest BCUT2D eigenvalue weighted by Gasteiger charge is -2.22. The van der Waals surface area contributed by atoms with E-state index in [2.05, 4.69) is 17.1 Å². The van der Waals surface area contributed by atoms with Gasteiger partial charge in [-0.25, -0.2) is 4.39 Å². The number of likely N-dealkylation sites (tertiary alicyclic amines) is 1. The molecule has 1 atom stereocenters. The Labute approximate surface area is 142 Å². The van der Waals surface area contributed by atoms with E-state index in [-0.39, 0.29) is 29.5 Å². The molecule has 0 radical (unpaired) electrons. The number of hydrogen-bond donors (Lipinski definition) is 2. The first-order valence-corrected chi connectivity index (χ1v) is 7.58. The van der Waals surface area contributed by atoms with E-state index in [0.29, 0.717) is 32.0 Å². The fourth-order valence-corrected chi connectivity index (χ4v) is 2.58. The number of ether oxygens (including phenoxy) is 1. The van der Waals surface area contributed by atoms with Crippen molar-refractivity contribution in [2.45, 2.75) is 13.3 Å². The van der Waals surface area contributed by atoms with Gasteiger partial charge in [-0.05, 0) is 49.2 Å². The molecule has 1 aromatic carbocycles. The molecule has 23 heavy (non-hydrogen) atoms. The predicted octanol–water partition coefficient (Wildman–Crippen LogP) is 1.41. The highest BCUT2D eigenvalue weighted by atomic mass is 35.5. The van der Waals surface area contributed by atoms with Crippen molar-refractivity contribution in [1.82, 2.24) is 10.2 Å². The Kier molecular flexibility index (Phi) is 7.75. The van der Waals surface area contributed by atoms with Crippen molar-refractivity contribution >= 4 is 18.3 Å². The molecule has 7 heteroatoms. The second kappa shape index (κ2) is 9.05. The molecule has 2 rings (SSSR count). The van der Waals surface area contributed by atoms with E-state index < -0.39 is 0 Å². The molecule has 3 N–H and O–H groups in total. The zero-order valence-electron chi connectivity index (χ0n) is 13.4. The fourth-order valence-electron chi connectivity index (χ4n) is 2.58. The third-order valence-electron chi connectivity index (χ3n) is 4.00. The highest BCUT2D eigenvalue weighted by Gasteiger charge is 2.32. The van der Waals surface area contributed by atoms with Crippen LogP contribution in [0.5, 0.6) is 5.75 Å². The van der Waals surface area contributed by atoms with Gasteiger partial charge in [0, 0.05) is 6.54 Å². The zero-order chi connectivity index (χ0) is 16.0. The van der Waals surface area contributed by atoms with Gasteiger partial charge in [0.1, 0.15) is 18.2 Å². The standard InChI is InChI=1S/C16H24FN3O2.ClH/c1-16(11-18)6-8-20(12-16)10-15(21)19-7-9-22-14-4-2-13(17)3-5-14;/h2-5H,6-12,18H2,1H3,(H,19,21);1H. The normalized spacial score (nSPS) is 20.8. The number of halogens is 2. The first-order valence-electron chi connectivity index (χ1n) is 7.58. The Hall–Kier alpha value is -1.37. The molecular weight excluding hydrogens is 321 g/mol. The van der Waals surface area contributed by atoms with Crippen LogP contribution in [-0.4, -0.2) is 50.1 Å². The van der Waals surface area contributed by atoms with Crippen molar-refractivity contribution in [2.24, 2.45) is 11.1 Å². The number of rotatable bonds is 7. The number of carbonyl (C=O) groups is 1. The van der Waals surface area contributed by atoms with Crippen LogP contribution in [0.15, 0.2) is 24.3 Å². The van der Waals surface area contributed by atoms with Crippen molar-refractivity contribution in [2.75, 3.05) is 39.3 Å². The number of amides is 1. The van der Waals surface area contributed by atoms with Crippen molar-refractivity contribution in [1.29, 1.82) is 0 Å². The van der Waals surface area contributed by atoms with Gasteiger partial charge in [0.05, 0.1) is 13.1 Å². The predicted molar refractivity (Wildman–Crippen MR) is 90.4 cm³/mol. The fraction of sp³-hybridized carbons (Fsp3) is 0.562. The zero-order valence-corrected chi connectivity index (χ0v) is 14.2. The lowest BCUT2D eigenvalue weighted by atomic mass is 9.90. The second-order valence-electron chi connectivity index (χ2n) is 6.13. The number of hydrogen-bond acceptors (Lipinski definition) is 4. The minimum Gasteiger partial charge on any atom is -0.492 e. The van der Waals surface area contributed by atoms with E-state index >= 15 is 0 Å². The minimum atomic E-state index is -0.296. The summed E-state index contributed by atoms with van der Waals surface area (Å²) in [5.74, 6) is 0.286. The number of nitrogens with zero attached hydrogens (tertiary/aromatic N) is 1. The first kappa shape index (κ1) is 19.7. The summed E-state index contributed by atoms with van der Waals surface area (Å²) in [6, 6.07) is 5.82. The van der Waals surface area contributed by atoms with Crippen molar-refractivity contribution < 1.29 is 13.9 Å². The van der Waals surface area contributed by atoms with Gasteiger partial charge in [-0.2, -0.15) is 0 Å². The van der Waals surface area contributed by atoms with Gasteiger partial charge < -0.3 is 15.8 Å². The molecule has 1 amide bonds. The van der Waals surface area contributed by atoms with Crippen LogP contribution in [0.1, 0.15) is 13.3 Å². The Bertz CT molecular complexity index is 501. The monoisotopic (exact) mass is 345 g/mol. The molecule has 5 nitrogen and oxygen atoms in total. The second-order valence-corrected chi connectivity index (χ2v) is 6.13. The number of benzene rings is 1. The summed E-state index contributed by atoms with van der Waals surface area (Å²) < 4.78 is 18.2. The molecule has 1 aliphatic rings. The van der Waals surface area contributed by atoms with Crippen LogP contribution in [0, 0.1) is 11.2 Å². The first-order chi connectivity index (χ1) is 10.5. The van der Waals surface area contributed by atoms with E-state index in [9.17, 15) is 9.18 Å². The number of nitrogens with one attached hydrogen (secondary N) is 1. The third kappa shape index (κ3) is 6.33. The Balaban J connectivity index is 0.00000264. The number of carbonyl (C=O) groups excluding carboxylic acids is 1. The molecule has 0 saturated carbocycles. The maximum Gasteiger partial charge on any atom is 0.234 e. The smallest absolute Gasteiger partial charge is 0.234 e. The summed E-state index contributed by atoms with van der Waals surface area (Å²) >= 11 is 0. The van der Waals surface area contributed by atoms with E-state index in [1.807, 2.05) is 0 Å². The Morgan fingerprint density at radius 1 is 1.43 bits per heavy atom. The van der Waals surface area contributed by atoms with Gasteiger partial charge in [0.15, 0.2) is 0 Å². The van der Waals surface area contributed by atoms with E-state index in [1.54, 1.807) is 12.1 Å². The van der Waals surface area contributed by atoms with Gasteiger partial charge in [-0.3, -0.25) is 9.69 Å². The van der Waals surface area contributed by atoms with Crippen LogP contribution >= 0.6 is 12.4 Å². The van der Waals surface area contributed by atoms with Crippen molar-refractivity contribution in [3.05, 3.63) is 30.1 Å². The summed E-state index contributed by atoms with van der Waals surface area (Å²) in [4.78, 5) is 14.0. The maximum atomic E-state index is 12.7. The van der Waals surface area contributed by atoms with E-state index in [4.69, 9.17) is 10.5 Å². The Morgan fingerprint density at radius 3 is 2.74 bits per heavy atom. The molecule has 1 fully saturated rings. The van der Waals surface area contributed by atoms with Crippen LogP contribution in [-0.2, 0) is 4.79 Å². The SMILES string of the molecule is CC1(CN)CCN(CC(=O)NCCOc2ccc(F)cc2)C1.Cl. The quantitative estimate of drug-likeness (QED) is 0.733. The largest absolute Gasteiger partial charge is 0.492 e. The van der Waals surface area contributed by atoms with Gasteiger partial charge in [0.2, 0.25) is 5.91 Å². The van der Waals surface area contributed by atoms with Gasteiger partial charge in [0.25, 0.3) is 0 Å². The van der Waals surface area contributed by atoms with Crippen LogP contribution in [0.3, 0.4) is 0 Å². The van der Waals surface area contributed by atoms with Crippen LogP contribution in [0.2, 0.25) is 0 Å². The topological polar surface area (TPSA) is 67.6 Å². The van der Waals surface area contributed by atoms with Gasteiger partial charge in [-0.15, -0.1) is 12.4 Å². The summed E-state index contributed by atoms with van der Waals surface area (Å²) in [7, 11) is 0. The summed E-state index contributed by atoms with van der Waals surface area (Å²) in [6.45, 7) is 5.76. The van der Waals surface area contributed by atoms with Crippen molar-refractivity contribution in [3.8, 4) is 5.75 Å². The van der Waals surface area contributed by atoms with E-state index in [1.165, 1.54) is 12.1 Å². The minimum absolute atomic E-state index is 0. The van der Waals surface area contributed by atoms with Crippen LogP contribution in [0.4, 0.5) is 4.39 Å². The third-order valence-corrected chi connectivity index (χ3v) is 4.00. The molecule has 1 saturated heterocycles. The lowest BCUT2D eigenvalue weighted by Crippen LogP contribution is -2.39.